The molecule has 0 radical (unpaired) electrons. The molecule has 1 aromatic carbocycles. The van der Waals surface area contributed by atoms with Gasteiger partial charge in [0.2, 0.25) is 0 Å². The summed E-state index contributed by atoms with van der Waals surface area (Å²) in [6, 6.07) is 5.01. The fourth-order valence-electron chi connectivity index (χ4n) is 1.88. The average Bonchev–Trinajstić information content (AvgIpc) is 2.61. The normalized spacial score (nSPS) is 16.8. The van der Waals surface area contributed by atoms with Crippen molar-refractivity contribution in [1.29, 1.82) is 0 Å². The molecule has 0 aliphatic carbocycles. The number of thiazole rings is 1. The maximum atomic E-state index is 13.4. The summed E-state index contributed by atoms with van der Waals surface area (Å²) < 4.78 is 14.3. The summed E-state index contributed by atoms with van der Waals surface area (Å²) >= 11 is 1.50. The van der Waals surface area contributed by atoms with E-state index in [1.54, 1.807) is 6.07 Å². The lowest BCUT2D eigenvalue weighted by Crippen LogP contribution is -2.48. The highest BCUT2D eigenvalue weighted by Gasteiger charge is 2.28. The van der Waals surface area contributed by atoms with Gasteiger partial charge in [-0.3, -0.25) is 0 Å². The highest BCUT2D eigenvalue weighted by Crippen LogP contribution is 2.33. The SMILES string of the molecule is OCC1CN(c2nc3c(F)cccc3s2)C1. The van der Waals surface area contributed by atoms with Crippen molar-refractivity contribution in [2.45, 2.75) is 0 Å². The van der Waals surface area contributed by atoms with E-state index in [1.165, 1.54) is 17.4 Å². The van der Waals surface area contributed by atoms with Gasteiger partial charge >= 0.3 is 0 Å². The first kappa shape index (κ1) is 9.99. The van der Waals surface area contributed by atoms with Gasteiger partial charge in [0.25, 0.3) is 0 Å². The summed E-state index contributed by atoms with van der Waals surface area (Å²) in [7, 11) is 0. The maximum Gasteiger partial charge on any atom is 0.186 e. The smallest absolute Gasteiger partial charge is 0.186 e. The van der Waals surface area contributed by atoms with E-state index in [4.69, 9.17) is 5.11 Å². The van der Waals surface area contributed by atoms with Gasteiger partial charge in [-0.25, -0.2) is 9.37 Å². The van der Waals surface area contributed by atoms with Gasteiger partial charge in [-0.2, -0.15) is 0 Å². The quantitative estimate of drug-likeness (QED) is 0.867. The first-order chi connectivity index (χ1) is 7.78. The van der Waals surface area contributed by atoms with Crippen molar-refractivity contribution in [2.75, 3.05) is 24.6 Å². The number of hydrogen-bond acceptors (Lipinski definition) is 4. The zero-order valence-electron chi connectivity index (χ0n) is 8.56. The molecule has 1 aliphatic rings. The Morgan fingerprint density at radius 2 is 2.31 bits per heavy atom. The second-order valence-electron chi connectivity index (χ2n) is 4.04. The Morgan fingerprint density at radius 3 is 3.00 bits per heavy atom. The first-order valence-corrected chi connectivity index (χ1v) is 6.00. The topological polar surface area (TPSA) is 36.4 Å². The maximum absolute atomic E-state index is 13.4. The van der Waals surface area contributed by atoms with E-state index in [1.807, 2.05) is 6.07 Å². The number of halogens is 1. The third-order valence-electron chi connectivity index (χ3n) is 2.84. The Morgan fingerprint density at radius 1 is 1.50 bits per heavy atom. The van der Waals surface area contributed by atoms with Crippen molar-refractivity contribution in [3.05, 3.63) is 24.0 Å². The number of nitrogens with zero attached hydrogens (tertiary/aromatic N) is 2. The Balaban J connectivity index is 1.92. The highest BCUT2D eigenvalue weighted by molar-refractivity contribution is 7.22. The van der Waals surface area contributed by atoms with E-state index in [-0.39, 0.29) is 12.4 Å². The summed E-state index contributed by atoms with van der Waals surface area (Å²) in [5, 5.41) is 9.78. The molecule has 1 N–H and O–H groups in total. The number of fused-ring (bicyclic) bond motifs is 1. The van der Waals surface area contributed by atoms with Crippen LogP contribution in [0.25, 0.3) is 10.2 Å². The Hall–Kier alpha value is -1.20. The molecule has 0 saturated carbocycles. The highest BCUT2D eigenvalue weighted by atomic mass is 32.1. The molecule has 1 fully saturated rings. The molecule has 5 heteroatoms. The summed E-state index contributed by atoms with van der Waals surface area (Å²) in [5.41, 5.74) is 0.454. The minimum absolute atomic E-state index is 0.218. The number of benzene rings is 1. The van der Waals surface area contributed by atoms with Crippen LogP contribution in [-0.4, -0.2) is 29.8 Å². The monoisotopic (exact) mass is 238 g/mol. The predicted molar refractivity (Wildman–Crippen MR) is 62.4 cm³/mol. The number of aliphatic hydroxyl groups is 1. The van der Waals surface area contributed by atoms with Crippen LogP contribution in [0.1, 0.15) is 0 Å². The second-order valence-corrected chi connectivity index (χ2v) is 5.05. The van der Waals surface area contributed by atoms with Crippen LogP contribution in [-0.2, 0) is 0 Å². The van der Waals surface area contributed by atoms with E-state index in [9.17, 15) is 4.39 Å². The van der Waals surface area contributed by atoms with Crippen molar-refractivity contribution < 1.29 is 9.50 Å². The molecule has 1 aromatic heterocycles. The molecule has 0 bridgehead atoms. The van der Waals surface area contributed by atoms with Crippen molar-refractivity contribution in [2.24, 2.45) is 5.92 Å². The Labute approximate surface area is 96.1 Å². The molecular formula is C11H11FN2OS. The summed E-state index contributed by atoms with van der Waals surface area (Å²) in [4.78, 5) is 6.37. The molecule has 2 aromatic rings. The largest absolute Gasteiger partial charge is 0.396 e. The van der Waals surface area contributed by atoms with Gasteiger partial charge in [-0.15, -0.1) is 0 Å². The van der Waals surface area contributed by atoms with Gasteiger partial charge in [0, 0.05) is 25.6 Å². The Bertz CT molecular complexity index is 522. The molecule has 3 rings (SSSR count). The van der Waals surface area contributed by atoms with Crippen LogP contribution in [0, 0.1) is 11.7 Å². The van der Waals surface area contributed by atoms with E-state index in [0.717, 1.165) is 22.9 Å². The zero-order valence-corrected chi connectivity index (χ0v) is 9.38. The molecule has 16 heavy (non-hydrogen) atoms. The van der Waals surface area contributed by atoms with Gasteiger partial charge < -0.3 is 10.0 Å². The number of aliphatic hydroxyl groups excluding tert-OH is 1. The second kappa shape index (κ2) is 3.68. The standard InChI is InChI=1S/C11H11FN2OS/c12-8-2-1-3-9-10(8)13-11(16-9)14-4-7(5-14)6-15/h1-3,7,15H,4-6H2. The molecule has 0 unspecified atom stereocenters. The van der Waals surface area contributed by atoms with Gasteiger partial charge in [0.1, 0.15) is 11.3 Å². The molecule has 1 aliphatic heterocycles. The third-order valence-corrected chi connectivity index (χ3v) is 3.93. The van der Waals surface area contributed by atoms with Crippen LogP contribution in [0.2, 0.25) is 0 Å². The van der Waals surface area contributed by atoms with Gasteiger partial charge in [-0.1, -0.05) is 17.4 Å². The van der Waals surface area contributed by atoms with E-state index in [0.29, 0.717) is 11.4 Å². The number of hydrogen-bond donors (Lipinski definition) is 1. The summed E-state index contributed by atoms with van der Waals surface area (Å²) in [6.45, 7) is 1.85. The number of anilines is 1. The van der Waals surface area contributed by atoms with Crippen LogP contribution in [0.4, 0.5) is 9.52 Å². The van der Waals surface area contributed by atoms with Crippen molar-refractivity contribution in [1.82, 2.24) is 4.98 Å². The summed E-state index contributed by atoms with van der Waals surface area (Å²) in [5.74, 6) is 0.0797. The van der Waals surface area contributed by atoms with Crippen molar-refractivity contribution in [3.63, 3.8) is 0 Å². The first-order valence-electron chi connectivity index (χ1n) is 5.19. The molecule has 1 saturated heterocycles. The average molecular weight is 238 g/mol. The van der Waals surface area contributed by atoms with E-state index < -0.39 is 0 Å². The third kappa shape index (κ3) is 1.47. The fraction of sp³-hybridized carbons (Fsp3) is 0.364. The molecule has 0 atom stereocenters. The Kier molecular flexibility index (Phi) is 2.29. The van der Waals surface area contributed by atoms with Crippen molar-refractivity contribution >= 4 is 26.7 Å². The minimum atomic E-state index is -0.265. The van der Waals surface area contributed by atoms with Gasteiger partial charge in [0.15, 0.2) is 5.13 Å². The van der Waals surface area contributed by atoms with E-state index >= 15 is 0 Å². The van der Waals surface area contributed by atoms with Gasteiger partial charge in [-0.05, 0) is 12.1 Å². The zero-order chi connectivity index (χ0) is 11.1. The lowest BCUT2D eigenvalue weighted by atomic mass is 10.0. The predicted octanol–water partition coefficient (Wildman–Crippen LogP) is 1.86. The lowest BCUT2D eigenvalue weighted by molar-refractivity contribution is 0.201. The molecule has 3 nitrogen and oxygen atoms in total. The molecular weight excluding hydrogens is 227 g/mol. The van der Waals surface area contributed by atoms with E-state index in [2.05, 4.69) is 9.88 Å². The molecule has 2 heterocycles. The van der Waals surface area contributed by atoms with Crippen LogP contribution in [0.15, 0.2) is 18.2 Å². The number of para-hydroxylation sites is 1. The molecule has 0 amide bonds. The van der Waals surface area contributed by atoms with Crippen LogP contribution >= 0.6 is 11.3 Å². The van der Waals surface area contributed by atoms with Crippen LogP contribution in [0.5, 0.6) is 0 Å². The van der Waals surface area contributed by atoms with Gasteiger partial charge in [0.05, 0.1) is 4.70 Å². The number of aromatic nitrogens is 1. The number of rotatable bonds is 2. The van der Waals surface area contributed by atoms with Crippen molar-refractivity contribution in [3.8, 4) is 0 Å². The molecule has 84 valence electrons. The van der Waals surface area contributed by atoms with Crippen LogP contribution < -0.4 is 4.90 Å². The molecule has 0 spiro atoms. The lowest BCUT2D eigenvalue weighted by Gasteiger charge is -2.37. The fourth-order valence-corrected chi connectivity index (χ4v) is 2.88. The summed E-state index contributed by atoms with van der Waals surface area (Å²) in [6.07, 6.45) is 0. The minimum Gasteiger partial charge on any atom is -0.396 e. The van der Waals surface area contributed by atoms with Crippen LogP contribution in [0.3, 0.4) is 0 Å².